The third kappa shape index (κ3) is 4.82. The summed E-state index contributed by atoms with van der Waals surface area (Å²) in [5.41, 5.74) is 6.32. The Bertz CT molecular complexity index is 1070. The monoisotopic (exact) mass is 463 g/mol. The summed E-state index contributed by atoms with van der Waals surface area (Å²) in [4.78, 5) is 26.7. The zero-order valence-corrected chi connectivity index (χ0v) is 18.9. The summed E-state index contributed by atoms with van der Waals surface area (Å²) in [5.74, 6) is -0.252. The molecule has 1 atom stereocenters. The molecule has 166 valence electrons. The second kappa shape index (κ2) is 9.07. The van der Waals surface area contributed by atoms with E-state index in [1.54, 1.807) is 0 Å². The zero-order valence-electron chi connectivity index (χ0n) is 17.2. The predicted octanol–water partition coefficient (Wildman–Crippen LogP) is 1.97. The van der Waals surface area contributed by atoms with E-state index in [1.807, 2.05) is 6.07 Å². The van der Waals surface area contributed by atoms with Crippen LogP contribution in [0.2, 0.25) is 0 Å². The van der Waals surface area contributed by atoms with Gasteiger partial charge in [0.15, 0.2) is 0 Å². The molecule has 0 spiro atoms. The number of nitrogens with one attached hydrogen (secondary N) is 2. The lowest BCUT2D eigenvalue weighted by atomic mass is 9.90. The van der Waals surface area contributed by atoms with Crippen molar-refractivity contribution in [1.82, 2.24) is 15.2 Å². The zero-order chi connectivity index (χ0) is 22.0. The van der Waals surface area contributed by atoms with Crippen LogP contribution in [-0.2, 0) is 27.6 Å². The molecule has 4 rings (SSSR count). The van der Waals surface area contributed by atoms with Crippen LogP contribution in [0.25, 0.3) is 0 Å². The van der Waals surface area contributed by atoms with E-state index in [0.717, 1.165) is 19.3 Å². The van der Waals surface area contributed by atoms with Crippen molar-refractivity contribution in [3.63, 3.8) is 0 Å². The second-order valence-electron chi connectivity index (χ2n) is 7.86. The average Bonchev–Trinajstić information content (AvgIpc) is 3.21. The summed E-state index contributed by atoms with van der Waals surface area (Å²) in [6.45, 7) is 3.55. The van der Waals surface area contributed by atoms with Gasteiger partial charge >= 0.3 is 0 Å². The molecule has 2 heterocycles. The molecule has 2 aromatic rings. The van der Waals surface area contributed by atoms with Crippen LogP contribution in [0.5, 0.6) is 0 Å². The lowest BCUT2D eigenvalue weighted by Gasteiger charge is -2.26. The first-order valence-electron chi connectivity index (χ1n) is 10.2. The minimum atomic E-state index is -3.62. The van der Waals surface area contributed by atoms with Gasteiger partial charge in [-0.2, -0.15) is 4.31 Å². The molecule has 2 aliphatic rings. The average molecular weight is 464 g/mol. The molecular weight excluding hydrogens is 438 g/mol. The van der Waals surface area contributed by atoms with E-state index in [0.29, 0.717) is 37.1 Å². The topological polar surface area (TPSA) is 105 Å². The number of sulfonamides is 1. The van der Waals surface area contributed by atoms with E-state index < -0.39 is 15.9 Å². The molecule has 0 saturated carbocycles. The Morgan fingerprint density at radius 2 is 1.77 bits per heavy atom. The Hall–Kier alpha value is -2.27. The lowest BCUT2D eigenvalue weighted by molar-refractivity contribution is 0.0730. The van der Waals surface area contributed by atoms with Gasteiger partial charge in [0.2, 0.25) is 10.0 Å². The normalized spacial score (nSPS) is 19.5. The van der Waals surface area contributed by atoms with Crippen LogP contribution in [0.4, 0.5) is 0 Å². The smallest absolute Gasteiger partial charge is 0.279 e. The molecule has 31 heavy (non-hydrogen) atoms. The fraction of sp³-hybridized carbons (Fsp3) is 0.429. The van der Waals surface area contributed by atoms with Crippen molar-refractivity contribution in [2.45, 2.75) is 31.1 Å². The number of carbonyl (C=O) groups is 2. The molecule has 0 bridgehead atoms. The third-order valence-electron chi connectivity index (χ3n) is 5.57. The van der Waals surface area contributed by atoms with Crippen LogP contribution in [0, 0.1) is 5.92 Å². The van der Waals surface area contributed by atoms with Crippen molar-refractivity contribution in [3.05, 3.63) is 51.2 Å². The van der Waals surface area contributed by atoms with E-state index in [2.05, 4.69) is 17.8 Å². The quantitative estimate of drug-likeness (QED) is 0.675. The summed E-state index contributed by atoms with van der Waals surface area (Å²) in [5, 5.41) is 0. The molecule has 1 aromatic carbocycles. The number of thiophene rings is 1. The number of amides is 2. The van der Waals surface area contributed by atoms with Gasteiger partial charge < -0.3 is 4.74 Å². The Balaban J connectivity index is 1.36. The van der Waals surface area contributed by atoms with Crippen molar-refractivity contribution < 1.29 is 22.7 Å². The van der Waals surface area contributed by atoms with Gasteiger partial charge in [0, 0.05) is 23.5 Å². The minimum absolute atomic E-state index is 0.119. The van der Waals surface area contributed by atoms with Crippen LogP contribution in [-0.4, -0.2) is 50.8 Å². The maximum atomic E-state index is 12.7. The first kappa shape index (κ1) is 21.9. The van der Waals surface area contributed by atoms with E-state index in [-0.39, 0.29) is 16.4 Å². The number of fused-ring (bicyclic) bond motifs is 1. The summed E-state index contributed by atoms with van der Waals surface area (Å²) in [6, 6.07) is 7.56. The highest BCUT2D eigenvalue weighted by atomic mass is 32.2. The number of hydrazine groups is 1. The van der Waals surface area contributed by atoms with Crippen molar-refractivity contribution in [2.75, 3.05) is 26.3 Å². The van der Waals surface area contributed by atoms with Crippen molar-refractivity contribution >= 4 is 33.2 Å². The second-order valence-corrected chi connectivity index (χ2v) is 10.9. The van der Waals surface area contributed by atoms with Crippen LogP contribution >= 0.6 is 11.3 Å². The number of hydrogen-bond donors (Lipinski definition) is 2. The fourth-order valence-electron chi connectivity index (χ4n) is 3.78. The molecule has 1 fully saturated rings. The Morgan fingerprint density at radius 1 is 1.10 bits per heavy atom. The first-order valence-corrected chi connectivity index (χ1v) is 12.5. The lowest BCUT2D eigenvalue weighted by Crippen LogP contribution is -2.41. The molecule has 2 N–H and O–H groups in total. The highest BCUT2D eigenvalue weighted by Crippen LogP contribution is 2.32. The maximum absolute atomic E-state index is 12.7. The van der Waals surface area contributed by atoms with Gasteiger partial charge in [-0.05, 0) is 61.1 Å². The van der Waals surface area contributed by atoms with Gasteiger partial charge in [-0.3, -0.25) is 20.4 Å². The molecule has 8 nitrogen and oxygen atoms in total. The Morgan fingerprint density at radius 3 is 2.48 bits per heavy atom. The molecule has 1 unspecified atom stereocenters. The van der Waals surface area contributed by atoms with Gasteiger partial charge in [0.25, 0.3) is 11.8 Å². The van der Waals surface area contributed by atoms with Gasteiger partial charge in [0.1, 0.15) is 0 Å². The molecule has 0 radical (unpaired) electrons. The van der Waals surface area contributed by atoms with Gasteiger partial charge in [-0.25, -0.2) is 8.42 Å². The number of morpholine rings is 1. The predicted molar refractivity (Wildman–Crippen MR) is 116 cm³/mol. The molecule has 1 aliphatic heterocycles. The van der Waals surface area contributed by atoms with Gasteiger partial charge in [0.05, 0.1) is 23.0 Å². The molecule has 2 amide bonds. The SMILES string of the molecule is CC1CCc2sc(C(=O)NNC(=O)c3ccc(S(=O)(=O)N4CCOCC4)cc3)cc2C1. The highest BCUT2D eigenvalue weighted by molar-refractivity contribution is 7.89. The van der Waals surface area contributed by atoms with E-state index in [9.17, 15) is 18.0 Å². The van der Waals surface area contributed by atoms with Gasteiger partial charge in [-0.1, -0.05) is 6.92 Å². The third-order valence-corrected chi connectivity index (χ3v) is 8.72. The van der Waals surface area contributed by atoms with Crippen LogP contribution in [0.1, 0.15) is 43.8 Å². The minimum Gasteiger partial charge on any atom is -0.379 e. The maximum Gasteiger partial charge on any atom is 0.279 e. The number of carbonyl (C=O) groups excluding carboxylic acids is 2. The van der Waals surface area contributed by atoms with E-state index >= 15 is 0 Å². The van der Waals surface area contributed by atoms with Crippen LogP contribution in [0.15, 0.2) is 35.2 Å². The number of rotatable bonds is 4. The number of hydrogen-bond acceptors (Lipinski definition) is 6. The van der Waals surface area contributed by atoms with Crippen molar-refractivity contribution in [1.29, 1.82) is 0 Å². The molecule has 1 aromatic heterocycles. The number of ether oxygens (including phenoxy) is 1. The Kier molecular flexibility index (Phi) is 6.42. The summed E-state index contributed by atoms with van der Waals surface area (Å²) in [7, 11) is -3.62. The number of benzene rings is 1. The van der Waals surface area contributed by atoms with E-state index in [4.69, 9.17) is 4.74 Å². The highest BCUT2D eigenvalue weighted by Gasteiger charge is 2.26. The molecule has 10 heteroatoms. The van der Waals surface area contributed by atoms with Crippen molar-refractivity contribution in [3.8, 4) is 0 Å². The van der Waals surface area contributed by atoms with Crippen LogP contribution < -0.4 is 10.9 Å². The summed E-state index contributed by atoms with van der Waals surface area (Å²) in [6.07, 6.45) is 3.09. The first-order chi connectivity index (χ1) is 14.8. The summed E-state index contributed by atoms with van der Waals surface area (Å²) >= 11 is 1.47. The van der Waals surface area contributed by atoms with Crippen molar-refractivity contribution in [2.24, 2.45) is 5.92 Å². The fourth-order valence-corrected chi connectivity index (χ4v) is 6.29. The standard InChI is InChI=1S/C21H25N3O5S2/c1-14-2-7-18-16(12-14)13-19(30-18)21(26)23-22-20(25)15-3-5-17(6-4-15)31(27,28)24-8-10-29-11-9-24/h3-6,13-14H,2,7-12H2,1H3,(H,22,25)(H,23,26). The van der Waals surface area contributed by atoms with Crippen LogP contribution in [0.3, 0.4) is 0 Å². The molecule has 1 saturated heterocycles. The van der Waals surface area contributed by atoms with E-state index in [1.165, 1.54) is 50.3 Å². The number of aryl methyl sites for hydroxylation is 1. The number of nitrogens with zero attached hydrogens (tertiary/aromatic N) is 1. The molecule has 1 aliphatic carbocycles. The largest absolute Gasteiger partial charge is 0.379 e. The van der Waals surface area contributed by atoms with Gasteiger partial charge in [-0.15, -0.1) is 11.3 Å². The summed E-state index contributed by atoms with van der Waals surface area (Å²) < 4.78 is 31.9. The Labute approximate surface area is 185 Å². The molecular formula is C21H25N3O5S2.